The average Bonchev–Trinajstić information content (AvgIpc) is 3.00. The van der Waals surface area contributed by atoms with Crippen LogP contribution in [0.2, 0.25) is 0 Å². The average molecular weight is 357 g/mol. The van der Waals surface area contributed by atoms with E-state index >= 15 is 0 Å². The fourth-order valence-corrected chi connectivity index (χ4v) is 4.98. The molecule has 3 fully saturated rings. The Kier molecular flexibility index (Phi) is 4.14. The van der Waals surface area contributed by atoms with Gasteiger partial charge in [0, 0.05) is 25.5 Å². The summed E-state index contributed by atoms with van der Waals surface area (Å²) < 4.78 is 37.1. The number of aliphatic hydroxyl groups is 1. The molecule has 8 nitrogen and oxygen atoms in total. The predicted molar refractivity (Wildman–Crippen MR) is 83.7 cm³/mol. The van der Waals surface area contributed by atoms with Crippen molar-refractivity contribution in [1.29, 1.82) is 0 Å². The second kappa shape index (κ2) is 6.05. The summed E-state index contributed by atoms with van der Waals surface area (Å²) in [5.41, 5.74) is -1.38. The molecule has 1 aliphatic carbocycles. The van der Waals surface area contributed by atoms with Crippen LogP contribution >= 0.6 is 0 Å². The summed E-state index contributed by atoms with van der Waals surface area (Å²) in [5.74, 6) is 1.14. The zero-order chi connectivity index (χ0) is 16.8. The van der Waals surface area contributed by atoms with Crippen LogP contribution < -0.4 is 0 Å². The largest absolute Gasteiger partial charge is 0.379 e. The third-order valence-corrected chi connectivity index (χ3v) is 6.96. The maximum absolute atomic E-state index is 12.5. The third-order valence-electron chi connectivity index (χ3n) is 5.11. The van der Waals surface area contributed by atoms with Crippen LogP contribution in [0.5, 0.6) is 0 Å². The summed E-state index contributed by atoms with van der Waals surface area (Å²) in [5, 5.41) is 14.7. The van der Waals surface area contributed by atoms with E-state index in [0.717, 1.165) is 25.7 Å². The van der Waals surface area contributed by atoms with E-state index in [-0.39, 0.29) is 37.3 Å². The predicted octanol–water partition coefficient (Wildman–Crippen LogP) is 0.739. The van der Waals surface area contributed by atoms with Crippen LogP contribution in [0.4, 0.5) is 0 Å². The lowest BCUT2D eigenvalue weighted by molar-refractivity contribution is 0.0194. The third kappa shape index (κ3) is 3.22. The maximum Gasteiger partial charge on any atom is 0.260 e. The molecule has 1 aromatic rings. The Balaban J connectivity index is 1.40. The van der Waals surface area contributed by atoms with Crippen molar-refractivity contribution in [3.63, 3.8) is 0 Å². The van der Waals surface area contributed by atoms with Gasteiger partial charge in [0.25, 0.3) is 5.89 Å². The van der Waals surface area contributed by atoms with E-state index in [9.17, 15) is 13.5 Å². The minimum Gasteiger partial charge on any atom is -0.379 e. The number of nitrogens with zero attached hydrogens (tertiary/aromatic N) is 3. The molecule has 0 aromatic carbocycles. The van der Waals surface area contributed by atoms with E-state index in [1.54, 1.807) is 0 Å². The highest BCUT2D eigenvalue weighted by atomic mass is 32.2. The molecule has 4 rings (SSSR count). The molecule has 1 saturated carbocycles. The van der Waals surface area contributed by atoms with Gasteiger partial charge in [-0.3, -0.25) is 0 Å². The van der Waals surface area contributed by atoms with Crippen molar-refractivity contribution >= 4 is 10.0 Å². The zero-order valence-electron chi connectivity index (χ0n) is 13.6. The number of hydrogen-bond donors (Lipinski definition) is 1. The topological polar surface area (TPSA) is 106 Å². The second-order valence-electron chi connectivity index (χ2n) is 7.09. The molecular formula is C15H23N3O5S. The molecule has 1 N–H and O–H groups in total. The highest BCUT2D eigenvalue weighted by molar-refractivity contribution is 7.89. The lowest BCUT2D eigenvalue weighted by Crippen LogP contribution is -2.36. The van der Waals surface area contributed by atoms with Crippen molar-refractivity contribution < 1.29 is 22.8 Å². The van der Waals surface area contributed by atoms with Crippen LogP contribution in [0.25, 0.3) is 0 Å². The van der Waals surface area contributed by atoms with Gasteiger partial charge in [-0.25, -0.2) is 8.42 Å². The molecule has 0 bridgehead atoms. The van der Waals surface area contributed by atoms with Gasteiger partial charge in [-0.05, 0) is 32.1 Å². The molecule has 24 heavy (non-hydrogen) atoms. The van der Waals surface area contributed by atoms with Crippen LogP contribution in [0.3, 0.4) is 0 Å². The van der Waals surface area contributed by atoms with Crippen molar-refractivity contribution in [2.45, 2.75) is 56.1 Å². The molecule has 0 amide bonds. The lowest BCUT2D eigenvalue weighted by Gasteiger charge is -2.20. The van der Waals surface area contributed by atoms with Gasteiger partial charge < -0.3 is 14.4 Å². The number of aromatic nitrogens is 2. The van der Waals surface area contributed by atoms with Gasteiger partial charge in [0.1, 0.15) is 0 Å². The summed E-state index contributed by atoms with van der Waals surface area (Å²) in [4.78, 5) is 4.28. The van der Waals surface area contributed by atoms with E-state index in [4.69, 9.17) is 9.26 Å². The molecule has 9 heteroatoms. The highest BCUT2D eigenvalue weighted by Crippen LogP contribution is 2.40. The van der Waals surface area contributed by atoms with Gasteiger partial charge in [-0.1, -0.05) is 5.16 Å². The highest BCUT2D eigenvalue weighted by Gasteiger charge is 2.47. The molecule has 3 aliphatic rings. The van der Waals surface area contributed by atoms with Gasteiger partial charge in [0.05, 0.1) is 18.4 Å². The maximum atomic E-state index is 12.5. The number of ether oxygens (including phenoxy) is 1. The SMILES string of the molecule is O=S(=O)(CC[C@@H]1CCCO1)N1CC[C@](O)(c2nc(C3CC3)no2)C1. The first-order valence-corrected chi connectivity index (χ1v) is 10.2. The summed E-state index contributed by atoms with van der Waals surface area (Å²) in [7, 11) is -3.42. The Labute approximate surface area is 141 Å². The quantitative estimate of drug-likeness (QED) is 0.800. The number of sulfonamides is 1. The molecule has 2 atom stereocenters. The smallest absolute Gasteiger partial charge is 0.260 e. The second-order valence-corrected chi connectivity index (χ2v) is 9.18. The van der Waals surface area contributed by atoms with E-state index in [1.807, 2.05) is 0 Å². The van der Waals surface area contributed by atoms with E-state index in [2.05, 4.69) is 10.1 Å². The summed E-state index contributed by atoms with van der Waals surface area (Å²) in [6.07, 6.45) is 4.82. The first-order chi connectivity index (χ1) is 11.5. The Morgan fingerprint density at radius 1 is 1.33 bits per heavy atom. The fraction of sp³-hybridized carbons (Fsp3) is 0.867. The van der Waals surface area contributed by atoms with Crippen LogP contribution in [-0.4, -0.2) is 59.5 Å². The fourth-order valence-electron chi connectivity index (χ4n) is 3.38. The van der Waals surface area contributed by atoms with Crippen molar-refractivity contribution in [2.24, 2.45) is 0 Å². The van der Waals surface area contributed by atoms with E-state index in [0.29, 0.717) is 24.8 Å². The molecule has 2 aliphatic heterocycles. The van der Waals surface area contributed by atoms with Gasteiger partial charge in [-0.2, -0.15) is 9.29 Å². The van der Waals surface area contributed by atoms with Crippen molar-refractivity contribution in [3.8, 4) is 0 Å². The van der Waals surface area contributed by atoms with Gasteiger partial charge in [0.15, 0.2) is 11.4 Å². The van der Waals surface area contributed by atoms with E-state index < -0.39 is 15.6 Å². The first kappa shape index (κ1) is 16.4. The molecular weight excluding hydrogens is 334 g/mol. The monoisotopic (exact) mass is 357 g/mol. The van der Waals surface area contributed by atoms with Crippen molar-refractivity contribution in [3.05, 3.63) is 11.7 Å². The minimum absolute atomic E-state index is 0.0207. The van der Waals surface area contributed by atoms with Crippen LogP contribution in [0.1, 0.15) is 56.2 Å². The van der Waals surface area contributed by atoms with Gasteiger partial charge in [0.2, 0.25) is 10.0 Å². The Morgan fingerprint density at radius 2 is 2.17 bits per heavy atom. The summed E-state index contributed by atoms with van der Waals surface area (Å²) >= 11 is 0. The molecule has 1 aromatic heterocycles. The van der Waals surface area contributed by atoms with Crippen LogP contribution in [0, 0.1) is 0 Å². The molecule has 0 spiro atoms. The molecule has 2 saturated heterocycles. The summed E-state index contributed by atoms with van der Waals surface area (Å²) in [6.45, 7) is 0.966. The molecule has 0 unspecified atom stereocenters. The van der Waals surface area contributed by atoms with Gasteiger partial charge >= 0.3 is 0 Å². The van der Waals surface area contributed by atoms with Crippen LogP contribution in [-0.2, 0) is 20.4 Å². The standard InChI is InChI=1S/C15H23N3O5S/c19-15(14-16-13(17-23-14)11-3-4-11)6-7-18(10-15)24(20,21)9-5-12-2-1-8-22-12/h11-12,19H,1-10H2/t12-,15+/m0/s1. The molecule has 3 heterocycles. The Hall–Kier alpha value is -1.03. The lowest BCUT2D eigenvalue weighted by atomic mass is 10.0. The Morgan fingerprint density at radius 3 is 2.88 bits per heavy atom. The van der Waals surface area contributed by atoms with Crippen LogP contribution in [0.15, 0.2) is 4.52 Å². The Bertz CT molecular complexity index is 696. The minimum atomic E-state index is -3.42. The summed E-state index contributed by atoms with van der Waals surface area (Å²) in [6, 6.07) is 0. The van der Waals surface area contributed by atoms with E-state index in [1.165, 1.54) is 4.31 Å². The number of β-amino-alcohol motifs (C(OH)–C–C–N with tert-alkyl or cyclic N) is 1. The van der Waals surface area contributed by atoms with Crippen molar-refractivity contribution in [1.82, 2.24) is 14.4 Å². The number of rotatable bonds is 6. The molecule has 0 radical (unpaired) electrons. The van der Waals surface area contributed by atoms with Gasteiger partial charge in [-0.15, -0.1) is 0 Å². The van der Waals surface area contributed by atoms with Crippen molar-refractivity contribution in [2.75, 3.05) is 25.4 Å². The number of hydrogen-bond acceptors (Lipinski definition) is 7. The zero-order valence-corrected chi connectivity index (χ0v) is 14.4. The molecule has 134 valence electrons. The normalized spacial score (nSPS) is 31.8. The first-order valence-electron chi connectivity index (χ1n) is 8.62.